The third-order valence-corrected chi connectivity index (χ3v) is 5.72. The fraction of sp³-hybridized carbons (Fsp3) is 0.0714. The number of nitrogens with one attached hydrogen (secondary N) is 2. The van der Waals surface area contributed by atoms with E-state index in [0.717, 1.165) is 22.5 Å². The normalized spacial score (nSPS) is 10.6. The lowest BCUT2D eigenvalue weighted by molar-refractivity contribution is 0.0977. The van der Waals surface area contributed by atoms with Gasteiger partial charge in [0.05, 0.1) is 12.8 Å². The molecule has 0 radical (unpaired) electrons. The van der Waals surface area contributed by atoms with Crippen molar-refractivity contribution in [2.24, 2.45) is 0 Å². The lowest BCUT2D eigenvalue weighted by Gasteiger charge is -2.11. The molecule has 0 saturated heterocycles. The molecule has 184 valence electrons. The summed E-state index contributed by atoms with van der Waals surface area (Å²) in [6.07, 6.45) is 0. The number of carbonyl (C=O) groups is 1. The maximum Gasteiger partial charge on any atom is 0.257 e. The Morgan fingerprint density at radius 1 is 0.865 bits per heavy atom. The van der Waals surface area contributed by atoms with E-state index in [1.54, 1.807) is 30.1 Å². The number of methoxy groups -OCH3 is 1. The zero-order valence-corrected chi connectivity index (χ0v) is 20.7. The highest BCUT2D eigenvalue weighted by atomic mass is 32.1. The third-order valence-electron chi connectivity index (χ3n) is 5.51. The first-order valence-corrected chi connectivity index (χ1v) is 11.9. The van der Waals surface area contributed by atoms with Gasteiger partial charge in [0.25, 0.3) is 5.91 Å². The van der Waals surface area contributed by atoms with Crippen LogP contribution in [0.1, 0.15) is 15.9 Å². The largest absolute Gasteiger partial charge is 0.497 e. The predicted octanol–water partition coefficient (Wildman–Crippen LogP) is 5.13. The van der Waals surface area contributed by atoms with E-state index >= 15 is 0 Å². The average molecular weight is 510 g/mol. The van der Waals surface area contributed by atoms with Crippen LogP contribution in [0, 0.1) is 0 Å². The van der Waals surface area contributed by atoms with Gasteiger partial charge in [-0.15, -0.1) is 10.2 Å². The summed E-state index contributed by atoms with van der Waals surface area (Å²) >= 11 is 5.36. The predicted molar refractivity (Wildman–Crippen MR) is 146 cm³/mol. The second-order valence-electron chi connectivity index (χ2n) is 8.10. The average Bonchev–Trinajstić information content (AvgIpc) is 3.36. The Bertz CT molecular complexity index is 1550. The fourth-order valence-electron chi connectivity index (χ4n) is 3.63. The number of hydrogen-bond donors (Lipinski definition) is 2. The smallest absolute Gasteiger partial charge is 0.257 e. The molecular weight excluding hydrogens is 486 g/mol. The number of nitrogens with zero attached hydrogens (tertiary/aromatic N) is 3. The number of rotatable bonds is 7. The molecule has 0 atom stereocenters. The van der Waals surface area contributed by atoms with Crippen LogP contribution in [0.2, 0.25) is 0 Å². The Balaban J connectivity index is 1.21. The number of anilines is 1. The number of amides is 1. The van der Waals surface area contributed by atoms with Crippen molar-refractivity contribution in [1.29, 1.82) is 0 Å². The summed E-state index contributed by atoms with van der Waals surface area (Å²) in [7, 11) is 1.62. The monoisotopic (exact) mass is 509 g/mol. The third kappa shape index (κ3) is 5.91. The Morgan fingerprint density at radius 2 is 1.65 bits per heavy atom. The second kappa shape index (κ2) is 10.9. The summed E-state index contributed by atoms with van der Waals surface area (Å²) in [5, 5.41) is 15.0. The molecule has 5 rings (SSSR count). The molecule has 37 heavy (non-hydrogen) atoms. The number of benzene rings is 4. The van der Waals surface area contributed by atoms with E-state index in [0.29, 0.717) is 29.1 Å². The zero-order chi connectivity index (χ0) is 25.6. The minimum atomic E-state index is -0.339. The Labute approximate surface area is 218 Å². The molecule has 0 aliphatic carbocycles. The molecule has 0 saturated carbocycles. The molecule has 9 heteroatoms. The van der Waals surface area contributed by atoms with Crippen molar-refractivity contribution in [1.82, 2.24) is 20.3 Å². The van der Waals surface area contributed by atoms with Crippen molar-refractivity contribution >= 4 is 40.0 Å². The van der Waals surface area contributed by atoms with E-state index in [2.05, 4.69) is 20.8 Å². The van der Waals surface area contributed by atoms with Gasteiger partial charge in [-0.1, -0.05) is 36.4 Å². The van der Waals surface area contributed by atoms with E-state index in [1.165, 1.54) is 0 Å². The summed E-state index contributed by atoms with van der Waals surface area (Å²) in [5.74, 6) is 1.02. The highest BCUT2D eigenvalue weighted by Crippen LogP contribution is 2.20. The van der Waals surface area contributed by atoms with Crippen LogP contribution in [-0.2, 0) is 6.61 Å². The maximum absolute atomic E-state index is 12.8. The summed E-state index contributed by atoms with van der Waals surface area (Å²) in [4.78, 5) is 14.3. The molecular formula is C28H23N5O3S. The number of carbonyl (C=O) groups excluding carboxylic acids is 1. The van der Waals surface area contributed by atoms with Crippen LogP contribution >= 0.6 is 12.2 Å². The summed E-state index contributed by atoms with van der Waals surface area (Å²) in [5.41, 5.74) is 4.38. The van der Waals surface area contributed by atoms with Crippen molar-refractivity contribution in [2.45, 2.75) is 6.61 Å². The molecule has 2 N–H and O–H groups in total. The molecule has 0 aliphatic heterocycles. The van der Waals surface area contributed by atoms with E-state index < -0.39 is 0 Å². The van der Waals surface area contributed by atoms with Gasteiger partial charge in [-0.3, -0.25) is 10.1 Å². The van der Waals surface area contributed by atoms with Crippen LogP contribution < -0.4 is 20.1 Å². The van der Waals surface area contributed by atoms with E-state index in [9.17, 15) is 4.79 Å². The molecule has 8 nitrogen and oxygen atoms in total. The SMILES string of the molecule is COc1ccc(-n2nc3ccc(NC(=S)NC(=O)c4cccc(OCc5ccccc5)c4)cc3n2)cc1. The van der Waals surface area contributed by atoms with Gasteiger partial charge in [0.2, 0.25) is 0 Å². The summed E-state index contributed by atoms with van der Waals surface area (Å²) in [6, 6.07) is 29.7. The van der Waals surface area contributed by atoms with Crippen LogP contribution in [0.4, 0.5) is 5.69 Å². The Morgan fingerprint density at radius 3 is 2.43 bits per heavy atom. The molecule has 4 aromatic carbocycles. The summed E-state index contributed by atoms with van der Waals surface area (Å²) < 4.78 is 11.0. The van der Waals surface area contributed by atoms with Crippen molar-refractivity contribution < 1.29 is 14.3 Å². The first kappa shape index (κ1) is 24.0. The molecule has 1 heterocycles. The topological polar surface area (TPSA) is 90.3 Å². The van der Waals surface area contributed by atoms with Gasteiger partial charge < -0.3 is 14.8 Å². The lowest BCUT2D eigenvalue weighted by Crippen LogP contribution is -2.34. The maximum atomic E-state index is 12.8. The lowest BCUT2D eigenvalue weighted by atomic mass is 10.2. The van der Waals surface area contributed by atoms with Crippen LogP contribution in [0.15, 0.2) is 97.1 Å². The number of ether oxygens (including phenoxy) is 2. The van der Waals surface area contributed by atoms with Gasteiger partial charge >= 0.3 is 0 Å². The number of hydrogen-bond acceptors (Lipinski definition) is 6. The minimum Gasteiger partial charge on any atom is -0.497 e. The van der Waals surface area contributed by atoms with Crippen LogP contribution in [-0.4, -0.2) is 33.1 Å². The van der Waals surface area contributed by atoms with Crippen LogP contribution in [0.3, 0.4) is 0 Å². The number of aromatic nitrogens is 3. The highest BCUT2D eigenvalue weighted by molar-refractivity contribution is 7.80. The van der Waals surface area contributed by atoms with E-state index in [1.807, 2.05) is 78.9 Å². The van der Waals surface area contributed by atoms with Crippen molar-refractivity contribution in [2.75, 3.05) is 12.4 Å². The second-order valence-corrected chi connectivity index (χ2v) is 8.51. The van der Waals surface area contributed by atoms with Crippen molar-refractivity contribution in [3.05, 3.63) is 108 Å². The Kier molecular flexibility index (Phi) is 7.05. The van der Waals surface area contributed by atoms with E-state index in [4.69, 9.17) is 21.7 Å². The molecule has 0 bridgehead atoms. The van der Waals surface area contributed by atoms with Gasteiger partial charge in [0.1, 0.15) is 29.1 Å². The minimum absolute atomic E-state index is 0.169. The standard InChI is InChI=1S/C28H23N5O3S/c1-35-23-13-11-22(12-14-23)33-31-25-15-10-21(17-26(25)32-33)29-28(37)30-27(34)20-8-5-9-24(16-20)36-18-19-6-3-2-4-7-19/h2-17H,18H2,1H3,(H2,29,30,34,37). The Hall–Kier alpha value is -4.76. The van der Waals surface area contributed by atoms with Gasteiger partial charge in [-0.25, -0.2) is 0 Å². The zero-order valence-electron chi connectivity index (χ0n) is 19.9. The molecule has 1 aromatic heterocycles. The molecule has 0 aliphatic rings. The number of thiocarbonyl (C=S) groups is 1. The number of fused-ring (bicyclic) bond motifs is 1. The van der Waals surface area contributed by atoms with Crippen LogP contribution in [0.25, 0.3) is 16.7 Å². The molecule has 1 amide bonds. The van der Waals surface area contributed by atoms with Crippen LogP contribution in [0.5, 0.6) is 11.5 Å². The summed E-state index contributed by atoms with van der Waals surface area (Å²) in [6.45, 7) is 0.414. The van der Waals surface area contributed by atoms with Crippen molar-refractivity contribution in [3.8, 4) is 17.2 Å². The highest BCUT2D eigenvalue weighted by Gasteiger charge is 2.11. The molecule has 0 fully saturated rings. The molecule has 0 spiro atoms. The fourth-order valence-corrected chi connectivity index (χ4v) is 3.84. The molecule has 0 unspecified atom stereocenters. The quantitative estimate of drug-likeness (QED) is 0.294. The van der Waals surface area contributed by atoms with Gasteiger partial charge in [0.15, 0.2) is 5.11 Å². The van der Waals surface area contributed by atoms with Gasteiger partial charge in [-0.2, -0.15) is 4.80 Å². The molecule has 5 aromatic rings. The van der Waals surface area contributed by atoms with E-state index in [-0.39, 0.29) is 11.0 Å². The first-order valence-electron chi connectivity index (χ1n) is 11.5. The van der Waals surface area contributed by atoms with Gasteiger partial charge in [-0.05, 0) is 78.4 Å². The first-order chi connectivity index (χ1) is 18.1. The van der Waals surface area contributed by atoms with Gasteiger partial charge in [0, 0.05) is 11.3 Å². The van der Waals surface area contributed by atoms with Crippen molar-refractivity contribution in [3.63, 3.8) is 0 Å².